The van der Waals surface area contributed by atoms with E-state index >= 15 is 0 Å². The minimum absolute atomic E-state index is 0.0186. The van der Waals surface area contributed by atoms with Crippen LogP contribution in [0.3, 0.4) is 0 Å². The number of halogens is 1. The molecular formula is C16H20ClN3O2. The topological polar surface area (TPSA) is 78.1 Å². The number of rotatable bonds is 2. The predicted octanol–water partition coefficient (Wildman–Crippen LogP) is 3.99. The van der Waals surface area contributed by atoms with Crippen molar-refractivity contribution in [3.63, 3.8) is 0 Å². The average molecular weight is 322 g/mol. The molecule has 1 aromatic heterocycles. The fraction of sp³-hybridized carbons (Fsp3) is 0.188. The summed E-state index contributed by atoms with van der Waals surface area (Å²) in [6.45, 7) is 10.0. The van der Waals surface area contributed by atoms with Crippen molar-refractivity contribution in [3.8, 4) is 11.3 Å². The van der Waals surface area contributed by atoms with Crippen LogP contribution in [0.2, 0.25) is 5.02 Å². The molecule has 2 aromatic rings. The lowest BCUT2D eigenvalue weighted by Crippen LogP contribution is -2.10. The summed E-state index contributed by atoms with van der Waals surface area (Å²) in [6.07, 6.45) is 1.46. The van der Waals surface area contributed by atoms with Gasteiger partial charge in [0, 0.05) is 5.56 Å². The number of benzene rings is 1. The molecule has 2 N–H and O–H groups in total. The number of carbonyl (C=O) groups is 1. The lowest BCUT2D eigenvalue weighted by atomic mass is 10.1. The van der Waals surface area contributed by atoms with Crippen LogP contribution in [0.5, 0.6) is 0 Å². The molecule has 0 saturated carbocycles. The second-order valence-electron chi connectivity index (χ2n) is 3.46. The number of hydrogen-bond donors (Lipinski definition) is 1. The Bertz CT molecular complexity index is 618. The van der Waals surface area contributed by atoms with Crippen LogP contribution in [-0.2, 0) is 4.74 Å². The molecule has 0 aliphatic rings. The Kier molecular flexibility index (Phi) is 9.22. The maximum Gasteiger partial charge on any atom is 0.360 e. The highest BCUT2D eigenvalue weighted by Crippen LogP contribution is 2.26. The molecule has 2 rings (SSSR count). The van der Waals surface area contributed by atoms with Crippen molar-refractivity contribution in [1.29, 1.82) is 0 Å². The molecule has 0 saturated heterocycles. The summed E-state index contributed by atoms with van der Waals surface area (Å²) in [4.78, 5) is 19.5. The Hall–Kier alpha value is -2.40. The third kappa shape index (κ3) is 4.86. The fourth-order valence-electron chi connectivity index (χ4n) is 1.44. The van der Waals surface area contributed by atoms with E-state index in [2.05, 4.69) is 27.9 Å². The van der Waals surface area contributed by atoms with Gasteiger partial charge in [-0.1, -0.05) is 43.6 Å². The summed E-state index contributed by atoms with van der Waals surface area (Å²) in [5.74, 6) is -0.605. The lowest BCUT2D eigenvalue weighted by molar-refractivity contribution is 0.0595. The van der Waals surface area contributed by atoms with E-state index in [0.717, 1.165) is 0 Å². The molecule has 0 spiro atoms. The van der Waals surface area contributed by atoms with Gasteiger partial charge in [-0.05, 0) is 6.07 Å². The van der Waals surface area contributed by atoms with Crippen molar-refractivity contribution in [2.24, 2.45) is 0 Å². The van der Waals surface area contributed by atoms with Crippen LogP contribution >= 0.6 is 11.6 Å². The first kappa shape index (κ1) is 19.6. The first-order valence-electron chi connectivity index (χ1n) is 6.59. The number of nitrogens with zero attached hydrogens (tertiary/aromatic N) is 2. The largest absolute Gasteiger partial charge is 0.464 e. The molecule has 6 heteroatoms. The summed E-state index contributed by atoms with van der Waals surface area (Å²) in [5, 5.41) is 0.521. The maximum atomic E-state index is 11.5. The molecule has 0 amide bonds. The number of carbonyl (C=O) groups excluding carboxylic acids is 1. The van der Waals surface area contributed by atoms with Crippen molar-refractivity contribution < 1.29 is 9.53 Å². The molecule has 0 radical (unpaired) electrons. The Balaban J connectivity index is 0.00000102. The van der Waals surface area contributed by atoms with Crippen LogP contribution in [0, 0.1) is 0 Å². The van der Waals surface area contributed by atoms with E-state index in [9.17, 15) is 4.79 Å². The van der Waals surface area contributed by atoms with Crippen LogP contribution in [0.4, 0.5) is 5.82 Å². The van der Waals surface area contributed by atoms with Gasteiger partial charge in [0.2, 0.25) is 0 Å². The van der Waals surface area contributed by atoms with E-state index < -0.39 is 5.97 Å². The summed E-state index contributed by atoms with van der Waals surface area (Å²) in [7, 11) is 1.26. The van der Waals surface area contributed by atoms with Crippen LogP contribution in [0.15, 0.2) is 43.6 Å². The van der Waals surface area contributed by atoms with Crippen molar-refractivity contribution >= 4 is 23.4 Å². The second-order valence-corrected chi connectivity index (χ2v) is 3.87. The monoisotopic (exact) mass is 321 g/mol. The molecule has 1 heterocycles. The van der Waals surface area contributed by atoms with Gasteiger partial charge in [-0.25, -0.2) is 14.8 Å². The minimum atomic E-state index is -0.631. The van der Waals surface area contributed by atoms with E-state index in [0.29, 0.717) is 16.3 Å². The Morgan fingerprint density at radius 2 is 1.86 bits per heavy atom. The van der Waals surface area contributed by atoms with Gasteiger partial charge in [-0.3, -0.25) is 0 Å². The molecule has 118 valence electrons. The van der Waals surface area contributed by atoms with Gasteiger partial charge in [0.25, 0.3) is 0 Å². The molecule has 0 bridgehead atoms. The molecule has 0 aliphatic carbocycles. The van der Waals surface area contributed by atoms with Gasteiger partial charge in [0.1, 0.15) is 0 Å². The average Bonchev–Trinajstić information content (AvgIpc) is 2.59. The van der Waals surface area contributed by atoms with Gasteiger partial charge in [-0.15, -0.1) is 13.2 Å². The molecule has 0 unspecified atom stereocenters. The van der Waals surface area contributed by atoms with Crippen LogP contribution < -0.4 is 5.73 Å². The van der Waals surface area contributed by atoms with Crippen LogP contribution in [0.1, 0.15) is 24.3 Å². The number of anilines is 1. The first-order chi connectivity index (χ1) is 10.6. The molecule has 0 atom stereocenters. The minimum Gasteiger partial charge on any atom is -0.464 e. The van der Waals surface area contributed by atoms with Gasteiger partial charge < -0.3 is 10.5 Å². The van der Waals surface area contributed by atoms with Gasteiger partial charge in [-0.2, -0.15) is 0 Å². The van der Waals surface area contributed by atoms with Crippen LogP contribution in [0.25, 0.3) is 11.3 Å². The highest BCUT2D eigenvalue weighted by Gasteiger charge is 2.15. The number of hydrogen-bond acceptors (Lipinski definition) is 5. The van der Waals surface area contributed by atoms with Crippen molar-refractivity contribution in [1.82, 2.24) is 9.97 Å². The number of ether oxygens (including phenoxy) is 1. The first-order valence-corrected chi connectivity index (χ1v) is 6.97. The molecule has 1 aromatic carbocycles. The Labute approximate surface area is 135 Å². The van der Waals surface area contributed by atoms with Crippen molar-refractivity contribution in [3.05, 3.63) is 54.3 Å². The number of nitrogen functional groups attached to an aromatic ring is 1. The van der Waals surface area contributed by atoms with E-state index in [1.165, 1.54) is 13.3 Å². The predicted molar refractivity (Wildman–Crippen MR) is 90.8 cm³/mol. The van der Waals surface area contributed by atoms with Crippen molar-refractivity contribution in [2.75, 3.05) is 12.8 Å². The Morgan fingerprint density at radius 1 is 1.27 bits per heavy atom. The molecule has 22 heavy (non-hydrogen) atoms. The summed E-state index contributed by atoms with van der Waals surface area (Å²) >= 11 is 6.05. The number of methoxy groups -OCH3 is 1. The normalized spacial score (nSPS) is 8.73. The van der Waals surface area contributed by atoms with E-state index in [1.54, 1.807) is 18.2 Å². The van der Waals surface area contributed by atoms with Gasteiger partial charge in [0.05, 0.1) is 24.0 Å². The maximum absolute atomic E-state index is 11.5. The molecular weight excluding hydrogens is 302 g/mol. The van der Waals surface area contributed by atoms with E-state index in [1.807, 2.05) is 19.9 Å². The highest BCUT2D eigenvalue weighted by atomic mass is 35.5. The highest BCUT2D eigenvalue weighted by molar-refractivity contribution is 6.33. The SMILES string of the molecule is C=C.CC.COC(=O)c1nc(-c2ccccc2Cl)cnc1N. The number of esters is 1. The summed E-state index contributed by atoms with van der Waals surface area (Å²) in [6, 6.07) is 7.13. The Morgan fingerprint density at radius 3 is 2.41 bits per heavy atom. The molecule has 5 nitrogen and oxygen atoms in total. The van der Waals surface area contributed by atoms with Gasteiger partial charge in [0.15, 0.2) is 11.5 Å². The quantitative estimate of drug-likeness (QED) is 0.668. The summed E-state index contributed by atoms with van der Waals surface area (Å²) < 4.78 is 4.58. The van der Waals surface area contributed by atoms with E-state index in [4.69, 9.17) is 17.3 Å². The number of nitrogens with two attached hydrogens (primary N) is 1. The smallest absolute Gasteiger partial charge is 0.360 e. The van der Waals surface area contributed by atoms with Gasteiger partial charge >= 0.3 is 5.97 Å². The molecule has 0 fully saturated rings. The third-order valence-corrected chi connectivity index (χ3v) is 2.66. The standard InChI is InChI=1S/C12H10ClN3O2.C2H6.C2H4/c1-18-12(17)10-11(14)15-6-9(16-10)7-4-2-3-5-8(7)13;2*1-2/h2-6H,1H3,(H2,14,15);1-2H3;1-2H2. The number of aromatic nitrogens is 2. The fourth-order valence-corrected chi connectivity index (χ4v) is 1.68. The summed E-state index contributed by atoms with van der Waals surface area (Å²) in [5.41, 5.74) is 6.70. The lowest BCUT2D eigenvalue weighted by Gasteiger charge is -2.06. The third-order valence-electron chi connectivity index (χ3n) is 2.33. The zero-order valence-electron chi connectivity index (χ0n) is 13.0. The molecule has 0 aliphatic heterocycles. The second kappa shape index (κ2) is 10.3. The zero-order valence-corrected chi connectivity index (χ0v) is 13.7. The zero-order chi connectivity index (χ0) is 17.1. The van der Waals surface area contributed by atoms with Crippen LogP contribution in [-0.4, -0.2) is 23.0 Å². The van der Waals surface area contributed by atoms with Crippen molar-refractivity contribution in [2.45, 2.75) is 13.8 Å². The van der Waals surface area contributed by atoms with E-state index in [-0.39, 0.29) is 11.5 Å².